The quantitative estimate of drug-likeness (QED) is 0.433. The molecule has 0 radical (unpaired) electrons. The van der Waals surface area contributed by atoms with Crippen molar-refractivity contribution in [1.82, 2.24) is 0 Å². The van der Waals surface area contributed by atoms with Gasteiger partial charge < -0.3 is 0 Å². The van der Waals surface area contributed by atoms with Crippen LogP contribution in [0, 0.1) is 0 Å². The van der Waals surface area contributed by atoms with Crippen LogP contribution in [0.4, 0.5) is 0 Å². The van der Waals surface area contributed by atoms with Crippen LogP contribution in [-0.2, 0) is 7.67 Å². The first-order chi connectivity index (χ1) is 2.00. The van der Waals surface area contributed by atoms with Crippen LogP contribution in [0.5, 0.6) is 0 Å². The Hall–Kier alpha value is 0.769. The SMILES string of the molecule is I.O=[Se](=O)(O)O. The zero-order chi connectivity index (χ0) is 4.50. The summed E-state index contributed by atoms with van der Waals surface area (Å²) in [4.78, 5) is 0. The predicted molar refractivity (Wildman–Crippen MR) is 27.0 cm³/mol. The Kier molecular flexibility index (Phi) is 4.73. The van der Waals surface area contributed by atoms with E-state index in [9.17, 15) is 0 Å². The van der Waals surface area contributed by atoms with Crippen molar-refractivity contribution in [1.29, 1.82) is 0 Å². The molecule has 40 valence electrons. The predicted octanol–water partition coefficient (Wildman–Crippen LogP) is -1.11. The summed E-state index contributed by atoms with van der Waals surface area (Å²) in [6, 6.07) is 0. The van der Waals surface area contributed by atoms with Crippen molar-refractivity contribution in [3.8, 4) is 0 Å². The molecule has 2 N–H and O–H groups in total. The second-order valence-corrected chi connectivity index (χ2v) is 2.33. The van der Waals surface area contributed by atoms with E-state index < -0.39 is 13.4 Å². The number of hydrogen-bond acceptors (Lipinski definition) is 2. The normalized spacial score (nSPS) is 9.67. The van der Waals surface area contributed by atoms with Crippen LogP contribution >= 0.6 is 24.0 Å². The van der Waals surface area contributed by atoms with Crippen LogP contribution in [0.3, 0.4) is 0 Å². The van der Waals surface area contributed by atoms with Gasteiger partial charge in [0.1, 0.15) is 0 Å². The fourth-order valence-corrected chi connectivity index (χ4v) is 0. The molecule has 0 aromatic rings. The van der Waals surface area contributed by atoms with Crippen LogP contribution in [0.1, 0.15) is 0 Å². The van der Waals surface area contributed by atoms with E-state index in [1.54, 1.807) is 0 Å². The van der Waals surface area contributed by atoms with Crippen molar-refractivity contribution >= 4 is 37.3 Å². The molecule has 0 aliphatic carbocycles. The molecule has 4 nitrogen and oxygen atoms in total. The number of halogens is 1. The van der Waals surface area contributed by atoms with E-state index in [1.165, 1.54) is 0 Å². The zero-order valence-corrected chi connectivity index (χ0v) is 6.57. The van der Waals surface area contributed by atoms with Gasteiger partial charge in [-0.3, -0.25) is 0 Å². The Bertz CT molecular complexity index is 90.7. The third-order valence-electron chi connectivity index (χ3n) is 0. The third-order valence-corrected chi connectivity index (χ3v) is 0. The van der Waals surface area contributed by atoms with Crippen LogP contribution in [0.15, 0.2) is 0 Å². The molecule has 0 amide bonds. The molecule has 0 saturated carbocycles. The van der Waals surface area contributed by atoms with Gasteiger partial charge in [0.2, 0.25) is 0 Å². The van der Waals surface area contributed by atoms with Gasteiger partial charge in [0.25, 0.3) is 0 Å². The summed E-state index contributed by atoms with van der Waals surface area (Å²) in [7, 11) is 0. The molecule has 0 heterocycles. The first kappa shape index (κ1) is 9.91. The molecule has 0 atom stereocenters. The first-order valence-corrected chi connectivity index (χ1v) is 3.63. The minimum atomic E-state index is -5.25. The fraction of sp³-hybridized carbons (Fsp3) is 0. The van der Waals surface area contributed by atoms with E-state index in [0.29, 0.717) is 0 Å². The van der Waals surface area contributed by atoms with E-state index in [-0.39, 0.29) is 24.0 Å². The van der Waals surface area contributed by atoms with Crippen LogP contribution < -0.4 is 0 Å². The van der Waals surface area contributed by atoms with Crippen molar-refractivity contribution in [3.05, 3.63) is 0 Å². The Morgan fingerprint density at radius 2 is 1.17 bits per heavy atom. The second kappa shape index (κ2) is 2.86. The molecule has 0 aromatic heterocycles. The van der Waals surface area contributed by atoms with Gasteiger partial charge in [0.05, 0.1) is 0 Å². The fourth-order valence-electron chi connectivity index (χ4n) is 0. The van der Waals surface area contributed by atoms with Crippen molar-refractivity contribution in [2.75, 3.05) is 0 Å². The molecular weight excluding hydrogens is 270 g/mol. The average Bonchev–Trinajstić information content (AvgIpc) is 0.722. The zero-order valence-electron chi connectivity index (χ0n) is 2.53. The standard InChI is InChI=1S/HI.H2O4Se/c;1-5(2,3)4/h1H;(H2,1,2,3,4). The van der Waals surface area contributed by atoms with Crippen molar-refractivity contribution < 1.29 is 16.0 Å². The molecule has 0 spiro atoms. The molecule has 0 saturated heterocycles. The maximum absolute atomic E-state index is 8.82. The summed E-state index contributed by atoms with van der Waals surface area (Å²) in [5.41, 5.74) is 0. The van der Waals surface area contributed by atoms with Gasteiger partial charge in [-0.25, -0.2) is 0 Å². The van der Waals surface area contributed by atoms with Gasteiger partial charge in [0.15, 0.2) is 0 Å². The van der Waals surface area contributed by atoms with Gasteiger partial charge in [-0.05, 0) is 0 Å². The summed E-state index contributed by atoms with van der Waals surface area (Å²) < 4.78 is 31.9. The number of hydrogen-bond donors (Lipinski definition) is 2. The Labute approximate surface area is 53.5 Å². The molecule has 0 unspecified atom stereocenters. The Morgan fingerprint density at radius 1 is 1.17 bits per heavy atom. The van der Waals surface area contributed by atoms with Crippen molar-refractivity contribution in [2.24, 2.45) is 0 Å². The van der Waals surface area contributed by atoms with Crippen LogP contribution in [-0.4, -0.2) is 21.7 Å². The summed E-state index contributed by atoms with van der Waals surface area (Å²) >= 11 is -5.25. The monoisotopic (exact) mass is 274 g/mol. The van der Waals surface area contributed by atoms with Gasteiger partial charge in [-0.2, -0.15) is 0 Å². The van der Waals surface area contributed by atoms with Crippen LogP contribution in [0.25, 0.3) is 0 Å². The summed E-state index contributed by atoms with van der Waals surface area (Å²) in [6.45, 7) is 0. The molecule has 0 rings (SSSR count). The summed E-state index contributed by atoms with van der Waals surface area (Å²) in [5, 5.41) is 0. The first-order valence-electron chi connectivity index (χ1n) is 0.698. The van der Waals surface area contributed by atoms with Gasteiger partial charge >= 0.3 is 29.4 Å². The van der Waals surface area contributed by atoms with Crippen LogP contribution in [0.2, 0.25) is 0 Å². The van der Waals surface area contributed by atoms with E-state index in [1.807, 2.05) is 0 Å². The molecular formula is H3IO4Se. The molecule has 0 aliphatic rings. The molecule has 6 heteroatoms. The minimum absolute atomic E-state index is 0. The van der Waals surface area contributed by atoms with Gasteiger partial charge in [-0.15, -0.1) is 24.0 Å². The van der Waals surface area contributed by atoms with E-state index in [2.05, 4.69) is 0 Å². The average molecular weight is 273 g/mol. The molecule has 0 bridgehead atoms. The van der Waals surface area contributed by atoms with E-state index in [4.69, 9.17) is 16.0 Å². The Balaban J connectivity index is 0. The van der Waals surface area contributed by atoms with Crippen molar-refractivity contribution in [2.45, 2.75) is 0 Å². The second-order valence-electron chi connectivity index (χ2n) is 0.448. The third kappa shape index (κ3) is 114. The van der Waals surface area contributed by atoms with Crippen molar-refractivity contribution in [3.63, 3.8) is 0 Å². The number of rotatable bonds is 0. The molecule has 0 aliphatic heterocycles. The Morgan fingerprint density at radius 3 is 1.17 bits per heavy atom. The molecule has 0 fully saturated rings. The van der Waals surface area contributed by atoms with E-state index in [0.717, 1.165) is 0 Å². The summed E-state index contributed by atoms with van der Waals surface area (Å²) in [6.07, 6.45) is 0. The molecule has 6 heavy (non-hydrogen) atoms. The van der Waals surface area contributed by atoms with Gasteiger partial charge in [-0.1, -0.05) is 0 Å². The van der Waals surface area contributed by atoms with Gasteiger partial charge in [0, 0.05) is 0 Å². The summed E-state index contributed by atoms with van der Waals surface area (Å²) in [5.74, 6) is 0. The van der Waals surface area contributed by atoms with E-state index >= 15 is 0 Å². The maximum atomic E-state index is 8.82. The molecule has 0 aromatic carbocycles. The topological polar surface area (TPSA) is 74.6 Å².